The fourth-order valence-corrected chi connectivity index (χ4v) is 5.58. The van der Waals surface area contributed by atoms with Gasteiger partial charge in [-0.15, -0.1) is 10.2 Å². The number of nitrogens with zero attached hydrogens (tertiary/aromatic N) is 4. The standard InChI is InChI=1S/C29H33N5O5/c1-37-24-10-8-19-9-11-27(35)30-22-17-33(29(36)28-32-31-26-7-2-3-13-34(26)28)14-12-23(22)38-18-20-5-4-6-21(15-20)39-25(24)16-19/h4-6,8,10,15-16,22-23H,2-3,7,9,11-14,17-18H2,1H3,(H,30,35)/t22-,23+/m0/s1. The quantitative estimate of drug-likeness (QED) is 0.541. The van der Waals surface area contributed by atoms with Gasteiger partial charge in [-0.3, -0.25) is 9.59 Å². The van der Waals surface area contributed by atoms with Crippen LogP contribution >= 0.6 is 0 Å². The highest BCUT2D eigenvalue weighted by Crippen LogP contribution is 2.33. The third kappa shape index (κ3) is 5.47. The predicted molar refractivity (Wildman–Crippen MR) is 142 cm³/mol. The van der Waals surface area contributed by atoms with Gasteiger partial charge in [-0.25, -0.2) is 0 Å². The largest absolute Gasteiger partial charge is 0.493 e. The molecule has 0 radical (unpaired) electrons. The van der Waals surface area contributed by atoms with Crippen molar-refractivity contribution in [3.63, 3.8) is 0 Å². The first-order valence-electron chi connectivity index (χ1n) is 13.6. The van der Waals surface area contributed by atoms with Gasteiger partial charge in [-0.1, -0.05) is 18.2 Å². The number of methoxy groups -OCH3 is 1. The number of nitrogens with one attached hydrogen (secondary N) is 1. The Morgan fingerprint density at radius 2 is 1.97 bits per heavy atom. The van der Waals surface area contributed by atoms with Crippen LogP contribution in [0.4, 0.5) is 0 Å². The summed E-state index contributed by atoms with van der Waals surface area (Å²) in [7, 11) is 1.61. The number of hydrogen-bond acceptors (Lipinski definition) is 7. The third-order valence-electron chi connectivity index (χ3n) is 7.69. The number of ether oxygens (including phenoxy) is 3. The molecule has 2 atom stereocenters. The molecule has 1 aromatic heterocycles. The van der Waals surface area contributed by atoms with Crippen LogP contribution in [0, 0.1) is 0 Å². The molecule has 6 rings (SSSR count). The minimum atomic E-state index is -0.338. The normalized spacial score (nSPS) is 21.4. The van der Waals surface area contributed by atoms with Gasteiger partial charge in [0.05, 0.1) is 25.9 Å². The molecule has 0 spiro atoms. The first kappa shape index (κ1) is 25.4. The van der Waals surface area contributed by atoms with E-state index in [4.69, 9.17) is 14.2 Å². The second kappa shape index (κ2) is 11.1. The summed E-state index contributed by atoms with van der Waals surface area (Å²) in [5.74, 6) is 2.94. The predicted octanol–water partition coefficient (Wildman–Crippen LogP) is 3.28. The number of amides is 2. The van der Waals surface area contributed by atoms with Gasteiger partial charge in [-0.05, 0) is 61.1 Å². The van der Waals surface area contributed by atoms with Crippen LogP contribution in [0.1, 0.15) is 53.3 Å². The number of likely N-dealkylation sites (tertiary alicyclic amines) is 1. The Bertz CT molecular complexity index is 1370. The summed E-state index contributed by atoms with van der Waals surface area (Å²) >= 11 is 0. The smallest absolute Gasteiger partial charge is 0.291 e. The molecule has 0 unspecified atom stereocenters. The van der Waals surface area contributed by atoms with Crippen LogP contribution in [0.25, 0.3) is 0 Å². The number of piperidine rings is 1. The number of benzene rings is 2. The number of hydrogen-bond donors (Lipinski definition) is 1. The van der Waals surface area contributed by atoms with Gasteiger partial charge in [0.2, 0.25) is 11.7 Å². The number of aryl methyl sites for hydroxylation is 2. The highest BCUT2D eigenvalue weighted by Gasteiger charge is 2.35. The molecule has 2 amide bonds. The van der Waals surface area contributed by atoms with E-state index in [9.17, 15) is 9.59 Å². The SMILES string of the molecule is COc1ccc2cc1Oc1cccc(c1)CO[C@@H]1CCN(C(=O)c3nnc4n3CCCC4)C[C@@H]1NC(=O)CC2. The Kier molecular flexibility index (Phi) is 7.19. The lowest BCUT2D eigenvalue weighted by Gasteiger charge is -2.38. The minimum Gasteiger partial charge on any atom is -0.493 e. The van der Waals surface area contributed by atoms with Crippen molar-refractivity contribution in [3.8, 4) is 17.2 Å². The molecule has 3 aromatic rings. The second-order valence-corrected chi connectivity index (χ2v) is 10.3. The zero-order valence-corrected chi connectivity index (χ0v) is 22.1. The van der Waals surface area contributed by atoms with E-state index in [-0.39, 0.29) is 24.0 Å². The fraction of sp³-hybridized carbons (Fsp3) is 0.448. The number of carbonyl (C=O) groups is 2. The molecule has 10 heteroatoms. The molecule has 204 valence electrons. The zero-order valence-electron chi connectivity index (χ0n) is 22.1. The molecule has 39 heavy (non-hydrogen) atoms. The average molecular weight is 532 g/mol. The van der Waals surface area contributed by atoms with Crippen molar-refractivity contribution in [1.29, 1.82) is 0 Å². The summed E-state index contributed by atoms with van der Waals surface area (Å²) in [4.78, 5) is 28.3. The van der Waals surface area contributed by atoms with E-state index in [0.29, 0.717) is 62.0 Å². The Morgan fingerprint density at radius 3 is 2.87 bits per heavy atom. The van der Waals surface area contributed by atoms with Crippen molar-refractivity contribution < 1.29 is 23.8 Å². The van der Waals surface area contributed by atoms with Gasteiger partial charge >= 0.3 is 0 Å². The first-order valence-corrected chi connectivity index (χ1v) is 13.6. The molecule has 10 nitrogen and oxygen atoms in total. The van der Waals surface area contributed by atoms with Crippen LogP contribution in [-0.2, 0) is 35.5 Å². The lowest BCUT2D eigenvalue weighted by Crippen LogP contribution is -2.57. The fourth-order valence-electron chi connectivity index (χ4n) is 5.58. The molecule has 0 aliphatic carbocycles. The third-order valence-corrected chi connectivity index (χ3v) is 7.69. The molecule has 1 fully saturated rings. The highest BCUT2D eigenvalue weighted by atomic mass is 16.5. The minimum absolute atomic E-state index is 0.0866. The summed E-state index contributed by atoms with van der Waals surface area (Å²) in [6, 6.07) is 13.1. The molecule has 4 heterocycles. The van der Waals surface area contributed by atoms with Gasteiger partial charge in [-0.2, -0.15) is 0 Å². The first-order chi connectivity index (χ1) is 19.1. The summed E-state index contributed by atoms with van der Waals surface area (Å²) in [6.07, 6.45) is 4.13. The lowest BCUT2D eigenvalue weighted by atomic mass is 10.0. The van der Waals surface area contributed by atoms with Crippen molar-refractivity contribution in [1.82, 2.24) is 25.0 Å². The van der Waals surface area contributed by atoms with Crippen molar-refractivity contribution in [2.24, 2.45) is 0 Å². The van der Waals surface area contributed by atoms with E-state index in [1.54, 1.807) is 12.0 Å². The monoisotopic (exact) mass is 531 g/mol. The van der Waals surface area contributed by atoms with Crippen LogP contribution in [0.2, 0.25) is 0 Å². The zero-order chi connectivity index (χ0) is 26.8. The lowest BCUT2D eigenvalue weighted by molar-refractivity contribution is -0.124. The van der Waals surface area contributed by atoms with E-state index in [2.05, 4.69) is 15.5 Å². The van der Waals surface area contributed by atoms with Crippen molar-refractivity contribution >= 4 is 11.8 Å². The van der Waals surface area contributed by atoms with E-state index in [1.165, 1.54) is 0 Å². The molecule has 1 N–H and O–H groups in total. The van der Waals surface area contributed by atoms with Gasteiger partial charge in [0, 0.05) is 32.5 Å². The van der Waals surface area contributed by atoms with Crippen molar-refractivity contribution in [2.75, 3.05) is 20.2 Å². The molecule has 4 bridgehead atoms. The molecule has 2 aromatic carbocycles. The molecule has 3 aliphatic rings. The molecule has 3 aliphatic heterocycles. The van der Waals surface area contributed by atoms with E-state index >= 15 is 0 Å². The van der Waals surface area contributed by atoms with Gasteiger partial charge in [0.15, 0.2) is 11.5 Å². The van der Waals surface area contributed by atoms with Crippen LogP contribution < -0.4 is 14.8 Å². The average Bonchev–Trinajstić information content (AvgIpc) is 3.39. The molecular formula is C29H33N5O5. The number of carbonyl (C=O) groups excluding carboxylic acids is 2. The van der Waals surface area contributed by atoms with E-state index in [1.807, 2.05) is 47.0 Å². The summed E-state index contributed by atoms with van der Waals surface area (Å²) in [5, 5.41) is 11.6. The Balaban J connectivity index is 1.23. The number of rotatable bonds is 2. The van der Waals surface area contributed by atoms with Gasteiger partial charge in [0.1, 0.15) is 11.6 Å². The molecule has 0 saturated carbocycles. The second-order valence-electron chi connectivity index (χ2n) is 10.3. The maximum atomic E-state index is 13.5. The van der Waals surface area contributed by atoms with E-state index < -0.39 is 0 Å². The summed E-state index contributed by atoms with van der Waals surface area (Å²) in [6.45, 7) is 2.00. The van der Waals surface area contributed by atoms with Crippen LogP contribution in [0.15, 0.2) is 42.5 Å². The maximum Gasteiger partial charge on any atom is 0.291 e. The Hall–Kier alpha value is -3.92. The van der Waals surface area contributed by atoms with Crippen LogP contribution in [0.3, 0.4) is 0 Å². The Morgan fingerprint density at radius 1 is 1.05 bits per heavy atom. The number of aromatic nitrogens is 3. The summed E-state index contributed by atoms with van der Waals surface area (Å²) < 4.78 is 19.9. The maximum absolute atomic E-state index is 13.5. The Labute approximate surface area is 227 Å². The summed E-state index contributed by atoms with van der Waals surface area (Å²) in [5.41, 5.74) is 1.92. The molecule has 1 saturated heterocycles. The molecular weight excluding hydrogens is 498 g/mol. The van der Waals surface area contributed by atoms with Gasteiger partial charge in [0.25, 0.3) is 5.91 Å². The van der Waals surface area contributed by atoms with Gasteiger partial charge < -0.3 is 29.0 Å². The van der Waals surface area contributed by atoms with Crippen LogP contribution in [-0.4, -0.2) is 63.8 Å². The topological polar surface area (TPSA) is 108 Å². The van der Waals surface area contributed by atoms with Crippen LogP contribution in [0.5, 0.6) is 17.2 Å². The highest BCUT2D eigenvalue weighted by molar-refractivity contribution is 5.91. The number of fused-ring (bicyclic) bond motifs is 6. The van der Waals surface area contributed by atoms with Crippen molar-refractivity contribution in [2.45, 2.75) is 63.8 Å². The van der Waals surface area contributed by atoms with Crippen molar-refractivity contribution in [3.05, 3.63) is 65.2 Å². The van der Waals surface area contributed by atoms with E-state index in [0.717, 1.165) is 42.8 Å².